The maximum atomic E-state index is 12.5. The van der Waals surface area contributed by atoms with Gasteiger partial charge < -0.3 is 9.47 Å². The molecule has 10 nitrogen and oxygen atoms in total. The predicted octanol–water partition coefficient (Wildman–Crippen LogP) is 3.41. The molecule has 198 valence electrons. The Kier molecular flexibility index (Phi) is 10.2. The first-order chi connectivity index (χ1) is 18.4. The molecule has 0 heterocycles. The molecule has 0 aliphatic heterocycles. The van der Waals surface area contributed by atoms with E-state index in [0.29, 0.717) is 24.7 Å². The highest BCUT2D eigenvalue weighted by molar-refractivity contribution is 6.02. The van der Waals surface area contributed by atoms with Gasteiger partial charge in [0.2, 0.25) is 0 Å². The number of amides is 4. The average molecular weight is 519 g/mol. The van der Waals surface area contributed by atoms with E-state index in [1.807, 2.05) is 13.8 Å². The van der Waals surface area contributed by atoms with Gasteiger partial charge in [0.25, 0.3) is 23.6 Å². The average Bonchev–Trinajstić information content (AvgIpc) is 2.96. The van der Waals surface area contributed by atoms with E-state index in [-0.39, 0.29) is 22.3 Å². The van der Waals surface area contributed by atoms with Crippen LogP contribution in [0.5, 0.6) is 11.5 Å². The summed E-state index contributed by atoms with van der Waals surface area (Å²) < 4.78 is 11.1. The van der Waals surface area contributed by atoms with Crippen molar-refractivity contribution in [3.63, 3.8) is 0 Å². The second-order valence-corrected chi connectivity index (χ2v) is 8.08. The van der Waals surface area contributed by atoms with E-state index in [9.17, 15) is 19.2 Å². The molecular weight excluding hydrogens is 488 g/mol. The van der Waals surface area contributed by atoms with Gasteiger partial charge in [-0.2, -0.15) is 0 Å². The summed E-state index contributed by atoms with van der Waals surface area (Å²) in [6.07, 6.45) is 1.57. The van der Waals surface area contributed by atoms with Crippen LogP contribution in [0, 0.1) is 0 Å². The number of benzene rings is 3. The number of hydrogen-bond acceptors (Lipinski definition) is 6. The van der Waals surface area contributed by atoms with Gasteiger partial charge in [-0.05, 0) is 61.4 Å². The lowest BCUT2D eigenvalue weighted by molar-refractivity contribution is 0.0842. The van der Waals surface area contributed by atoms with Gasteiger partial charge in [0.05, 0.1) is 24.3 Å². The van der Waals surface area contributed by atoms with Gasteiger partial charge in [0.1, 0.15) is 11.5 Å². The predicted molar refractivity (Wildman–Crippen MR) is 141 cm³/mol. The zero-order valence-electron chi connectivity index (χ0n) is 21.2. The van der Waals surface area contributed by atoms with Crippen LogP contribution >= 0.6 is 0 Å². The van der Waals surface area contributed by atoms with Gasteiger partial charge in [0.15, 0.2) is 0 Å². The Morgan fingerprint density at radius 1 is 0.526 bits per heavy atom. The van der Waals surface area contributed by atoms with Gasteiger partial charge in [0, 0.05) is 11.1 Å². The van der Waals surface area contributed by atoms with Crippen LogP contribution in [0.15, 0.2) is 72.8 Å². The number of nitrogens with one attached hydrogen (secondary N) is 4. The second kappa shape index (κ2) is 14.0. The van der Waals surface area contributed by atoms with Crippen LogP contribution < -0.4 is 31.2 Å². The lowest BCUT2D eigenvalue weighted by atomic mass is 10.1. The van der Waals surface area contributed by atoms with Crippen molar-refractivity contribution in [1.29, 1.82) is 0 Å². The Bertz CT molecular complexity index is 1180. The van der Waals surface area contributed by atoms with Crippen LogP contribution in [-0.2, 0) is 0 Å². The minimum atomic E-state index is -0.575. The summed E-state index contributed by atoms with van der Waals surface area (Å²) >= 11 is 0. The van der Waals surface area contributed by atoms with Crippen LogP contribution in [-0.4, -0.2) is 36.8 Å². The molecule has 0 spiro atoms. The van der Waals surface area contributed by atoms with Crippen LogP contribution in [0.1, 0.15) is 68.1 Å². The van der Waals surface area contributed by atoms with Gasteiger partial charge in [-0.1, -0.05) is 38.1 Å². The lowest BCUT2D eigenvalue weighted by Gasteiger charge is -2.12. The zero-order valence-corrected chi connectivity index (χ0v) is 21.2. The molecular formula is C28H30N4O6. The highest BCUT2D eigenvalue weighted by Crippen LogP contribution is 2.19. The van der Waals surface area contributed by atoms with Crippen LogP contribution in [0.3, 0.4) is 0 Å². The van der Waals surface area contributed by atoms with Gasteiger partial charge in [-0.3, -0.25) is 40.9 Å². The summed E-state index contributed by atoms with van der Waals surface area (Å²) in [5.74, 6) is -1.37. The Hall–Kier alpha value is -4.86. The molecule has 0 saturated heterocycles. The smallest absolute Gasteiger partial charge is 0.273 e. The fraction of sp³-hybridized carbons (Fsp3) is 0.214. The molecule has 0 unspecified atom stereocenters. The molecule has 3 rings (SSSR count). The molecule has 0 aliphatic rings. The normalized spacial score (nSPS) is 10.2. The molecule has 0 fully saturated rings. The molecule has 10 heteroatoms. The van der Waals surface area contributed by atoms with E-state index in [2.05, 4.69) is 21.7 Å². The number of carbonyl (C=O) groups is 4. The molecule has 0 aliphatic carbocycles. The molecule has 0 radical (unpaired) electrons. The zero-order chi connectivity index (χ0) is 27.3. The summed E-state index contributed by atoms with van der Waals surface area (Å²) in [5.41, 5.74) is 10.4. The van der Waals surface area contributed by atoms with Crippen molar-refractivity contribution in [3.05, 3.63) is 95.1 Å². The van der Waals surface area contributed by atoms with Gasteiger partial charge >= 0.3 is 0 Å². The van der Waals surface area contributed by atoms with E-state index in [1.54, 1.807) is 48.5 Å². The number of rotatable bonds is 10. The second-order valence-electron chi connectivity index (χ2n) is 8.08. The van der Waals surface area contributed by atoms with E-state index in [1.165, 1.54) is 24.3 Å². The topological polar surface area (TPSA) is 135 Å². The number of ether oxygens (including phenoxy) is 2. The molecule has 3 aromatic carbocycles. The fourth-order valence-corrected chi connectivity index (χ4v) is 3.26. The first kappa shape index (κ1) is 27.7. The number of hydrazine groups is 2. The van der Waals surface area contributed by atoms with Gasteiger partial charge in [-0.25, -0.2) is 0 Å². The van der Waals surface area contributed by atoms with Crippen molar-refractivity contribution in [2.75, 3.05) is 13.2 Å². The van der Waals surface area contributed by atoms with Crippen molar-refractivity contribution in [3.8, 4) is 11.5 Å². The van der Waals surface area contributed by atoms with Crippen LogP contribution in [0.25, 0.3) is 0 Å². The van der Waals surface area contributed by atoms with Crippen molar-refractivity contribution in [1.82, 2.24) is 21.7 Å². The fourth-order valence-electron chi connectivity index (χ4n) is 3.26. The molecule has 38 heavy (non-hydrogen) atoms. The Balaban J connectivity index is 1.53. The van der Waals surface area contributed by atoms with Crippen LogP contribution in [0.2, 0.25) is 0 Å². The van der Waals surface area contributed by atoms with Crippen molar-refractivity contribution >= 4 is 23.6 Å². The first-order valence-corrected chi connectivity index (χ1v) is 12.2. The number of hydrogen-bond donors (Lipinski definition) is 4. The molecule has 3 aromatic rings. The first-order valence-electron chi connectivity index (χ1n) is 12.2. The van der Waals surface area contributed by atoms with Gasteiger partial charge in [-0.15, -0.1) is 0 Å². The summed E-state index contributed by atoms with van der Waals surface area (Å²) in [6, 6.07) is 19.1. The monoisotopic (exact) mass is 518 g/mol. The van der Waals surface area contributed by atoms with Crippen molar-refractivity contribution < 1.29 is 28.7 Å². The molecule has 0 aromatic heterocycles. The van der Waals surface area contributed by atoms with Crippen molar-refractivity contribution in [2.24, 2.45) is 0 Å². The quantitative estimate of drug-likeness (QED) is 0.304. The molecule has 0 saturated carbocycles. The minimum absolute atomic E-state index is 0.211. The maximum absolute atomic E-state index is 12.5. The molecule has 4 N–H and O–H groups in total. The van der Waals surface area contributed by atoms with E-state index in [0.717, 1.165) is 12.8 Å². The largest absolute Gasteiger partial charge is 0.493 e. The third kappa shape index (κ3) is 7.57. The summed E-state index contributed by atoms with van der Waals surface area (Å²) in [7, 11) is 0. The molecule has 0 bridgehead atoms. The Morgan fingerprint density at radius 3 is 1.24 bits per heavy atom. The lowest BCUT2D eigenvalue weighted by Crippen LogP contribution is -2.42. The number of para-hydroxylation sites is 2. The Morgan fingerprint density at radius 2 is 0.868 bits per heavy atom. The van der Waals surface area contributed by atoms with E-state index in [4.69, 9.17) is 9.47 Å². The highest BCUT2D eigenvalue weighted by atomic mass is 16.5. The Labute approximate surface area is 220 Å². The minimum Gasteiger partial charge on any atom is -0.493 e. The molecule has 0 atom stereocenters. The van der Waals surface area contributed by atoms with Crippen LogP contribution in [0.4, 0.5) is 0 Å². The summed E-state index contributed by atoms with van der Waals surface area (Å²) in [6.45, 7) is 4.83. The SMILES string of the molecule is CCCOc1ccccc1C(=O)NNC(=O)c1ccc(C(=O)NNC(=O)c2ccccc2OCCC)cc1. The number of carbonyl (C=O) groups excluding carboxylic acids is 4. The molecule has 4 amide bonds. The summed E-state index contributed by atoms with van der Waals surface area (Å²) in [5, 5.41) is 0. The highest BCUT2D eigenvalue weighted by Gasteiger charge is 2.16. The standard InChI is InChI=1S/C28H30N4O6/c1-3-17-37-23-11-7-5-9-21(23)27(35)31-29-25(33)19-13-15-20(16-14-19)26(34)30-32-28(36)22-10-6-8-12-24(22)38-18-4-2/h5-16H,3-4,17-18H2,1-2H3,(H,29,33)(H,30,34)(H,31,35)(H,32,36). The summed E-state index contributed by atoms with van der Waals surface area (Å²) in [4.78, 5) is 50.0. The third-order valence-corrected chi connectivity index (χ3v) is 5.18. The van der Waals surface area contributed by atoms with E-state index >= 15 is 0 Å². The maximum Gasteiger partial charge on any atom is 0.273 e. The third-order valence-electron chi connectivity index (χ3n) is 5.18. The van der Waals surface area contributed by atoms with Crippen molar-refractivity contribution in [2.45, 2.75) is 26.7 Å². The van der Waals surface area contributed by atoms with E-state index < -0.39 is 23.6 Å².